The molecule has 0 bridgehead atoms. The van der Waals surface area contributed by atoms with Crippen LogP contribution in [0.25, 0.3) is 0 Å². The zero-order valence-electron chi connectivity index (χ0n) is 18.4. The van der Waals surface area contributed by atoms with E-state index < -0.39 is 15.3 Å². The third-order valence-corrected chi connectivity index (χ3v) is 8.57. The van der Waals surface area contributed by atoms with Gasteiger partial charge in [0.1, 0.15) is 11.0 Å². The van der Waals surface area contributed by atoms with Gasteiger partial charge in [-0.1, -0.05) is 18.2 Å². The summed E-state index contributed by atoms with van der Waals surface area (Å²) in [7, 11) is -3.33. The zero-order valence-corrected chi connectivity index (χ0v) is 19.2. The molecule has 1 aliphatic carbocycles. The summed E-state index contributed by atoms with van der Waals surface area (Å²) in [5, 5.41) is 3.05. The maximum atomic E-state index is 12.5. The predicted molar refractivity (Wildman–Crippen MR) is 120 cm³/mol. The Morgan fingerprint density at radius 1 is 1.13 bits per heavy atom. The largest absolute Gasteiger partial charge is 0.494 e. The van der Waals surface area contributed by atoms with Gasteiger partial charge in [-0.3, -0.25) is 0 Å². The Balaban J connectivity index is 1.26. The Morgan fingerprint density at radius 2 is 1.90 bits per heavy atom. The molecule has 8 heteroatoms. The van der Waals surface area contributed by atoms with E-state index in [1.807, 2.05) is 13.0 Å². The quantitative estimate of drug-likeness (QED) is 0.599. The highest BCUT2D eigenvalue weighted by atomic mass is 32.2. The van der Waals surface area contributed by atoms with Gasteiger partial charge in [0.15, 0.2) is 0 Å². The van der Waals surface area contributed by atoms with Crippen LogP contribution in [0.15, 0.2) is 24.3 Å². The van der Waals surface area contributed by atoms with Crippen LogP contribution in [-0.4, -0.2) is 64.8 Å². The molecule has 2 saturated heterocycles. The molecule has 3 aliphatic rings. The predicted octanol–water partition coefficient (Wildman–Crippen LogP) is 2.57. The maximum absolute atomic E-state index is 12.5. The molecule has 1 saturated carbocycles. The van der Waals surface area contributed by atoms with Crippen molar-refractivity contribution in [2.75, 3.05) is 33.0 Å². The number of piperidine rings is 1. The zero-order chi connectivity index (χ0) is 21.7. The summed E-state index contributed by atoms with van der Waals surface area (Å²) in [5.74, 6) is 1.52. The highest BCUT2D eigenvalue weighted by molar-refractivity contribution is 7.90. The first-order valence-electron chi connectivity index (χ1n) is 11.7. The molecule has 2 aliphatic heterocycles. The van der Waals surface area contributed by atoms with Gasteiger partial charge in [-0.25, -0.2) is 13.1 Å². The minimum Gasteiger partial charge on any atom is -0.494 e. The fraction of sp³-hybridized carbons (Fsp3) is 0.739. The summed E-state index contributed by atoms with van der Waals surface area (Å²) in [4.78, 5) is 0. The van der Waals surface area contributed by atoms with E-state index in [4.69, 9.17) is 14.2 Å². The molecule has 174 valence electrons. The van der Waals surface area contributed by atoms with Crippen molar-refractivity contribution in [3.05, 3.63) is 29.8 Å². The van der Waals surface area contributed by atoms with Crippen molar-refractivity contribution >= 4 is 10.0 Å². The van der Waals surface area contributed by atoms with Crippen molar-refractivity contribution in [3.8, 4) is 5.75 Å². The first-order chi connectivity index (χ1) is 15.1. The van der Waals surface area contributed by atoms with E-state index in [0.29, 0.717) is 32.3 Å². The first-order valence-corrected chi connectivity index (χ1v) is 13.3. The minimum atomic E-state index is -3.33. The van der Waals surface area contributed by atoms with Gasteiger partial charge in [0.2, 0.25) is 10.0 Å². The van der Waals surface area contributed by atoms with Crippen LogP contribution in [0.2, 0.25) is 0 Å². The second kappa shape index (κ2) is 10.6. The van der Waals surface area contributed by atoms with Crippen molar-refractivity contribution < 1.29 is 22.6 Å². The molecule has 2 N–H and O–H groups in total. The van der Waals surface area contributed by atoms with Crippen molar-refractivity contribution in [3.63, 3.8) is 0 Å². The lowest BCUT2D eigenvalue weighted by Gasteiger charge is -2.37. The topological polar surface area (TPSA) is 85.9 Å². The lowest BCUT2D eigenvalue weighted by molar-refractivity contribution is 0.00481. The Morgan fingerprint density at radius 3 is 2.61 bits per heavy atom. The third-order valence-electron chi connectivity index (χ3n) is 6.79. The summed E-state index contributed by atoms with van der Waals surface area (Å²) in [6.45, 7) is 4.74. The van der Waals surface area contributed by atoms with E-state index >= 15 is 0 Å². The number of para-hydroxylation sites is 1. The molecular weight excluding hydrogens is 416 g/mol. The van der Waals surface area contributed by atoms with Crippen LogP contribution in [0.4, 0.5) is 0 Å². The Labute approximate surface area is 186 Å². The third kappa shape index (κ3) is 5.79. The summed E-state index contributed by atoms with van der Waals surface area (Å²) in [5.41, 5.74) is 1.31. The molecule has 2 heterocycles. The van der Waals surface area contributed by atoms with Crippen molar-refractivity contribution in [1.82, 2.24) is 10.0 Å². The van der Waals surface area contributed by atoms with Crippen molar-refractivity contribution in [1.29, 1.82) is 0 Å². The Bertz CT molecular complexity index is 806. The molecule has 31 heavy (non-hydrogen) atoms. The van der Waals surface area contributed by atoms with Gasteiger partial charge in [0.05, 0.1) is 32.5 Å². The summed E-state index contributed by atoms with van der Waals surface area (Å²) < 4.78 is 45.1. The summed E-state index contributed by atoms with van der Waals surface area (Å²) >= 11 is 0. The number of benzene rings is 1. The van der Waals surface area contributed by atoms with Gasteiger partial charge in [0.25, 0.3) is 0 Å². The second-order valence-corrected chi connectivity index (χ2v) is 10.9. The second-order valence-electron chi connectivity index (χ2n) is 8.91. The minimum absolute atomic E-state index is 0.0147. The summed E-state index contributed by atoms with van der Waals surface area (Å²) in [6, 6.07) is 8.27. The van der Waals surface area contributed by atoms with E-state index in [9.17, 15) is 8.42 Å². The van der Waals surface area contributed by atoms with Crippen LogP contribution in [-0.2, 0) is 19.5 Å². The van der Waals surface area contributed by atoms with Crippen molar-refractivity contribution in [2.24, 2.45) is 0 Å². The Hall–Kier alpha value is -1.19. The SMILES string of the molecule is CCOc1ccccc1[C@H]1CC[C@@H](OC[C@@H]2NCCC[C@@H]2NS(=O)(=O)C2COC2)CC1. The monoisotopic (exact) mass is 452 g/mol. The molecule has 1 aromatic carbocycles. The van der Waals surface area contributed by atoms with Gasteiger partial charge >= 0.3 is 0 Å². The lowest BCUT2D eigenvalue weighted by Crippen LogP contribution is -2.59. The lowest BCUT2D eigenvalue weighted by atomic mass is 9.82. The van der Waals surface area contributed by atoms with Crippen LogP contribution in [0.5, 0.6) is 5.75 Å². The average molecular weight is 453 g/mol. The average Bonchev–Trinajstić information content (AvgIpc) is 2.72. The van der Waals surface area contributed by atoms with Gasteiger partial charge in [-0.2, -0.15) is 0 Å². The number of rotatable bonds is 9. The van der Waals surface area contributed by atoms with Gasteiger partial charge in [-0.05, 0) is 69.5 Å². The van der Waals surface area contributed by atoms with E-state index in [0.717, 1.165) is 50.8 Å². The van der Waals surface area contributed by atoms with Crippen LogP contribution >= 0.6 is 0 Å². The van der Waals surface area contributed by atoms with E-state index in [1.165, 1.54) is 5.56 Å². The van der Waals surface area contributed by atoms with E-state index in [1.54, 1.807) is 0 Å². The van der Waals surface area contributed by atoms with E-state index in [2.05, 4.69) is 28.2 Å². The molecule has 0 amide bonds. The molecular formula is C23H36N2O5S. The molecule has 4 rings (SSSR count). The molecule has 7 nitrogen and oxygen atoms in total. The van der Waals surface area contributed by atoms with Crippen LogP contribution in [0.1, 0.15) is 56.9 Å². The standard InChI is InChI=1S/C23H36N2O5S/c1-2-29-23-8-4-3-6-20(23)17-9-11-18(12-10-17)30-16-22-21(7-5-13-24-22)25-31(26,27)19-14-28-15-19/h3-4,6,8,17-19,21-22,24-25H,2,5,7,9-16H2,1H3/t17-,18+,21-,22-/m0/s1. The number of sulfonamides is 1. The van der Waals surface area contributed by atoms with Gasteiger partial charge in [0, 0.05) is 12.1 Å². The molecule has 0 radical (unpaired) electrons. The molecule has 1 aromatic rings. The highest BCUT2D eigenvalue weighted by Gasteiger charge is 2.37. The maximum Gasteiger partial charge on any atom is 0.219 e. The molecule has 0 spiro atoms. The van der Waals surface area contributed by atoms with Crippen molar-refractivity contribution in [2.45, 2.75) is 74.8 Å². The Kier molecular flexibility index (Phi) is 7.87. The first kappa shape index (κ1) is 23.0. The molecule has 0 unspecified atom stereocenters. The van der Waals surface area contributed by atoms with Crippen LogP contribution in [0, 0.1) is 0 Å². The number of nitrogens with one attached hydrogen (secondary N) is 2. The number of hydrogen-bond acceptors (Lipinski definition) is 6. The normalized spacial score (nSPS) is 30.0. The van der Waals surface area contributed by atoms with Gasteiger partial charge < -0.3 is 19.5 Å². The summed E-state index contributed by atoms with van der Waals surface area (Å²) in [6.07, 6.45) is 6.26. The smallest absolute Gasteiger partial charge is 0.219 e. The molecule has 2 atom stereocenters. The van der Waals surface area contributed by atoms with Crippen LogP contribution in [0.3, 0.4) is 0 Å². The van der Waals surface area contributed by atoms with Crippen LogP contribution < -0.4 is 14.8 Å². The highest BCUT2D eigenvalue weighted by Crippen LogP contribution is 2.38. The number of hydrogen-bond donors (Lipinski definition) is 2. The fourth-order valence-corrected chi connectivity index (χ4v) is 6.30. The molecule has 3 fully saturated rings. The van der Waals surface area contributed by atoms with Gasteiger partial charge in [-0.15, -0.1) is 0 Å². The fourth-order valence-electron chi connectivity index (χ4n) is 4.85. The van der Waals surface area contributed by atoms with E-state index in [-0.39, 0.29) is 18.2 Å². The molecule has 0 aromatic heterocycles. The number of ether oxygens (including phenoxy) is 3.